The molecule has 6 heteroatoms. The van der Waals surface area contributed by atoms with E-state index in [1.807, 2.05) is 36.4 Å². The fourth-order valence-corrected chi connectivity index (χ4v) is 2.49. The van der Waals surface area contributed by atoms with Crippen molar-refractivity contribution in [2.24, 2.45) is 0 Å². The predicted octanol–water partition coefficient (Wildman–Crippen LogP) is 3.24. The van der Waals surface area contributed by atoms with E-state index >= 15 is 0 Å². The summed E-state index contributed by atoms with van der Waals surface area (Å²) in [5.74, 6) is 1.12. The highest BCUT2D eigenvalue weighted by Gasteiger charge is 2.15. The van der Waals surface area contributed by atoms with Gasteiger partial charge in [-0.1, -0.05) is 30.3 Å². The second-order valence-electron chi connectivity index (χ2n) is 5.91. The first-order chi connectivity index (χ1) is 13.2. The quantitative estimate of drug-likeness (QED) is 0.698. The van der Waals surface area contributed by atoms with Crippen molar-refractivity contribution in [3.63, 3.8) is 0 Å². The highest BCUT2D eigenvalue weighted by Crippen LogP contribution is 2.18. The summed E-state index contributed by atoms with van der Waals surface area (Å²) in [4.78, 5) is 20.8. The summed E-state index contributed by atoms with van der Waals surface area (Å²) >= 11 is 0. The molecule has 0 aliphatic carbocycles. The number of ether oxygens (including phenoxy) is 2. The molecule has 138 valence electrons. The van der Waals surface area contributed by atoms with Gasteiger partial charge in [-0.15, -0.1) is 0 Å². The molecular weight excluding hydrogens is 342 g/mol. The van der Waals surface area contributed by atoms with Gasteiger partial charge < -0.3 is 14.8 Å². The number of amides is 1. The Morgan fingerprint density at radius 2 is 1.74 bits per heavy atom. The molecule has 0 saturated carbocycles. The number of hydrogen-bond donors (Lipinski definition) is 1. The zero-order valence-electron chi connectivity index (χ0n) is 15.3. The third-order valence-electron chi connectivity index (χ3n) is 3.98. The normalized spacial score (nSPS) is 11.5. The van der Waals surface area contributed by atoms with Gasteiger partial charge in [0, 0.05) is 5.56 Å². The summed E-state index contributed by atoms with van der Waals surface area (Å²) in [6.45, 7) is 2.01. The Morgan fingerprint density at radius 3 is 2.44 bits per heavy atom. The van der Waals surface area contributed by atoms with Gasteiger partial charge in [0.05, 0.1) is 25.0 Å². The standard InChI is InChI=1S/C21H21N3O3/c1-15(27-19-10-8-18(26-2)9-11-19)21(25)22-13-17-12-20(24-14-23-17)16-6-4-3-5-7-16/h3-12,14-15H,13H2,1-2H3,(H,22,25). The van der Waals surface area contributed by atoms with Crippen LogP contribution >= 0.6 is 0 Å². The van der Waals surface area contributed by atoms with Crippen LogP contribution in [0, 0.1) is 0 Å². The lowest BCUT2D eigenvalue weighted by Gasteiger charge is -2.15. The first-order valence-corrected chi connectivity index (χ1v) is 8.60. The molecule has 0 spiro atoms. The highest BCUT2D eigenvalue weighted by atomic mass is 16.5. The smallest absolute Gasteiger partial charge is 0.261 e. The van der Waals surface area contributed by atoms with Gasteiger partial charge in [0.25, 0.3) is 5.91 Å². The predicted molar refractivity (Wildman–Crippen MR) is 102 cm³/mol. The van der Waals surface area contributed by atoms with Crippen LogP contribution in [-0.2, 0) is 11.3 Å². The van der Waals surface area contributed by atoms with Crippen LogP contribution in [0.15, 0.2) is 67.0 Å². The van der Waals surface area contributed by atoms with Gasteiger partial charge in [-0.3, -0.25) is 4.79 Å². The van der Waals surface area contributed by atoms with Gasteiger partial charge >= 0.3 is 0 Å². The first kappa shape index (κ1) is 18.4. The fourth-order valence-electron chi connectivity index (χ4n) is 2.49. The molecule has 1 heterocycles. The van der Waals surface area contributed by atoms with Gasteiger partial charge in [-0.2, -0.15) is 0 Å². The van der Waals surface area contributed by atoms with Crippen molar-refractivity contribution < 1.29 is 14.3 Å². The van der Waals surface area contributed by atoms with Crippen molar-refractivity contribution in [3.05, 3.63) is 72.7 Å². The van der Waals surface area contributed by atoms with E-state index in [4.69, 9.17) is 9.47 Å². The second kappa shape index (κ2) is 8.80. The summed E-state index contributed by atoms with van der Waals surface area (Å²) in [5, 5.41) is 2.84. The Hall–Kier alpha value is -3.41. The maximum atomic E-state index is 12.3. The molecule has 1 amide bonds. The molecule has 0 bridgehead atoms. The molecule has 27 heavy (non-hydrogen) atoms. The number of carbonyl (C=O) groups excluding carboxylic acids is 1. The number of rotatable bonds is 7. The largest absolute Gasteiger partial charge is 0.497 e. The van der Waals surface area contributed by atoms with E-state index in [9.17, 15) is 4.79 Å². The van der Waals surface area contributed by atoms with Crippen LogP contribution in [0.3, 0.4) is 0 Å². The number of hydrogen-bond acceptors (Lipinski definition) is 5. The first-order valence-electron chi connectivity index (χ1n) is 8.60. The van der Waals surface area contributed by atoms with Crippen molar-refractivity contribution in [2.75, 3.05) is 7.11 Å². The molecule has 1 unspecified atom stereocenters. The SMILES string of the molecule is COc1ccc(OC(C)C(=O)NCc2cc(-c3ccccc3)ncn2)cc1. The lowest BCUT2D eigenvalue weighted by molar-refractivity contribution is -0.127. The van der Waals surface area contributed by atoms with Crippen LogP contribution < -0.4 is 14.8 Å². The van der Waals surface area contributed by atoms with Gasteiger partial charge in [-0.25, -0.2) is 9.97 Å². The van der Waals surface area contributed by atoms with Crippen LogP contribution in [0.25, 0.3) is 11.3 Å². The van der Waals surface area contributed by atoms with E-state index in [0.717, 1.165) is 22.7 Å². The Balaban J connectivity index is 1.56. The number of nitrogens with zero attached hydrogens (tertiary/aromatic N) is 2. The molecular formula is C21H21N3O3. The number of benzene rings is 2. The maximum absolute atomic E-state index is 12.3. The minimum atomic E-state index is -0.631. The molecule has 0 radical (unpaired) electrons. The summed E-state index contributed by atoms with van der Waals surface area (Å²) < 4.78 is 10.8. The molecule has 6 nitrogen and oxygen atoms in total. The number of aromatic nitrogens is 2. The van der Waals surface area contributed by atoms with E-state index in [-0.39, 0.29) is 5.91 Å². The monoisotopic (exact) mass is 363 g/mol. The van der Waals surface area contributed by atoms with Crippen LogP contribution in [-0.4, -0.2) is 29.1 Å². The molecule has 3 rings (SSSR count). The Labute approximate surface area is 158 Å². The van der Waals surface area contributed by atoms with Crippen molar-refractivity contribution in [3.8, 4) is 22.8 Å². The van der Waals surface area contributed by atoms with Crippen molar-refractivity contribution in [1.29, 1.82) is 0 Å². The topological polar surface area (TPSA) is 73.3 Å². The van der Waals surface area contributed by atoms with Gasteiger partial charge in [0.15, 0.2) is 6.10 Å². The number of nitrogens with one attached hydrogen (secondary N) is 1. The summed E-state index contributed by atoms with van der Waals surface area (Å²) in [6.07, 6.45) is 0.870. The Kier molecular flexibility index (Phi) is 5.99. The average Bonchev–Trinajstić information content (AvgIpc) is 2.73. The average molecular weight is 363 g/mol. The molecule has 2 aromatic carbocycles. The number of methoxy groups -OCH3 is 1. The van der Waals surface area contributed by atoms with Crippen molar-refractivity contribution in [2.45, 2.75) is 19.6 Å². The molecule has 0 saturated heterocycles. The minimum absolute atomic E-state index is 0.217. The molecule has 3 aromatic rings. The van der Waals surface area contributed by atoms with E-state index < -0.39 is 6.10 Å². The summed E-state index contributed by atoms with van der Waals surface area (Å²) in [6, 6.07) is 18.8. The van der Waals surface area contributed by atoms with Crippen LogP contribution in [0.4, 0.5) is 0 Å². The zero-order valence-corrected chi connectivity index (χ0v) is 15.3. The van der Waals surface area contributed by atoms with Gasteiger partial charge in [0.2, 0.25) is 0 Å². The molecule has 1 atom stereocenters. The second-order valence-corrected chi connectivity index (χ2v) is 5.91. The lowest BCUT2D eigenvalue weighted by Crippen LogP contribution is -2.36. The molecule has 0 aliphatic rings. The molecule has 1 N–H and O–H groups in total. The third-order valence-corrected chi connectivity index (χ3v) is 3.98. The molecule has 1 aromatic heterocycles. The van der Waals surface area contributed by atoms with Crippen molar-refractivity contribution in [1.82, 2.24) is 15.3 Å². The van der Waals surface area contributed by atoms with E-state index in [0.29, 0.717) is 12.3 Å². The maximum Gasteiger partial charge on any atom is 0.261 e. The third kappa shape index (κ3) is 5.04. The summed E-state index contributed by atoms with van der Waals surface area (Å²) in [7, 11) is 1.60. The Morgan fingerprint density at radius 1 is 1.04 bits per heavy atom. The summed E-state index contributed by atoms with van der Waals surface area (Å²) in [5.41, 5.74) is 2.55. The molecule has 0 fully saturated rings. The fraction of sp³-hybridized carbons (Fsp3) is 0.190. The zero-order chi connectivity index (χ0) is 19.1. The van der Waals surface area contributed by atoms with Gasteiger partial charge in [-0.05, 0) is 37.3 Å². The van der Waals surface area contributed by atoms with E-state index in [2.05, 4.69) is 15.3 Å². The van der Waals surface area contributed by atoms with E-state index in [1.54, 1.807) is 38.3 Å². The van der Waals surface area contributed by atoms with Gasteiger partial charge in [0.1, 0.15) is 17.8 Å². The highest BCUT2D eigenvalue weighted by molar-refractivity contribution is 5.80. The number of carbonyl (C=O) groups is 1. The van der Waals surface area contributed by atoms with Crippen LogP contribution in [0.1, 0.15) is 12.6 Å². The Bertz CT molecular complexity index is 883. The van der Waals surface area contributed by atoms with Crippen LogP contribution in [0.2, 0.25) is 0 Å². The lowest BCUT2D eigenvalue weighted by atomic mass is 10.1. The molecule has 0 aliphatic heterocycles. The van der Waals surface area contributed by atoms with Crippen LogP contribution in [0.5, 0.6) is 11.5 Å². The minimum Gasteiger partial charge on any atom is -0.497 e. The van der Waals surface area contributed by atoms with E-state index in [1.165, 1.54) is 6.33 Å². The van der Waals surface area contributed by atoms with Crippen molar-refractivity contribution >= 4 is 5.91 Å².